The summed E-state index contributed by atoms with van der Waals surface area (Å²) in [4.78, 5) is 0. The Balaban J connectivity index is 2.96. The minimum atomic E-state index is -3.21. The van der Waals surface area contributed by atoms with E-state index in [-0.39, 0.29) is 6.54 Å². The van der Waals surface area contributed by atoms with Crippen molar-refractivity contribution in [1.82, 2.24) is 4.72 Å². The molecule has 1 aromatic carbocycles. The Labute approximate surface area is 112 Å². The molecule has 0 aliphatic carbocycles. The van der Waals surface area contributed by atoms with Gasteiger partial charge in [-0.1, -0.05) is 43.1 Å². The number of benzene rings is 1. The predicted molar refractivity (Wildman–Crippen MR) is 72.3 cm³/mol. The number of hydrogen-bond acceptors (Lipinski definition) is 2. The smallest absolute Gasteiger partial charge is 0.208 e. The first-order valence-electron chi connectivity index (χ1n) is 5.02. The Morgan fingerprint density at radius 1 is 1.29 bits per heavy atom. The maximum atomic E-state index is 11.1. The zero-order valence-corrected chi connectivity index (χ0v) is 12.2. The summed E-state index contributed by atoms with van der Waals surface area (Å²) in [6.07, 6.45) is 1.13. The summed E-state index contributed by atoms with van der Waals surface area (Å²) in [5.41, 5.74) is 0.463. The molecule has 0 atom stereocenters. The van der Waals surface area contributed by atoms with E-state index in [9.17, 15) is 8.42 Å². The highest BCUT2D eigenvalue weighted by atomic mass is 35.5. The molecule has 3 nitrogen and oxygen atoms in total. The summed E-state index contributed by atoms with van der Waals surface area (Å²) >= 11 is 11.9. The van der Waals surface area contributed by atoms with Crippen LogP contribution in [0.15, 0.2) is 18.2 Å². The Morgan fingerprint density at radius 3 is 2.35 bits per heavy atom. The molecular formula is C11H15Cl2NO2S. The maximum Gasteiger partial charge on any atom is 0.208 e. The van der Waals surface area contributed by atoms with Crippen LogP contribution in [0.4, 0.5) is 0 Å². The average Bonchev–Trinajstić information content (AvgIpc) is 2.13. The molecule has 1 aromatic rings. The lowest BCUT2D eigenvalue weighted by Crippen LogP contribution is -2.36. The van der Waals surface area contributed by atoms with Crippen molar-refractivity contribution in [1.29, 1.82) is 0 Å². The molecule has 0 saturated heterocycles. The van der Waals surface area contributed by atoms with Gasteiger partial charge in [0.2, 0.25) is 10.0 Å². The summed E-state index contributed by atoms with van der Waals surface area (Å²) in [6.45, 7) is 4.12. The van der Waals surface area contributed by atoms with Crippen LogP contribution in [-0.2, 0) is 15.4 Å². The highest BCUT2D eigenvalue weighted by Crippen LogP contribution is 2.31. The summed E-state index contributed by atoms with van der Waals surface area (Å²) in [5, 5.41) is 1.10. The van der Waals surface area contributed by atoms with Gasteiger partial charge in [-0.2, -0.15) is 0 Å². The molecule has 0 amide bonds. The van der Waals surface area contributed by atoms with E-state index in [1.807, 2.05) is 19.9 Å². The van der Waals surface area contributed by atoms with Crippen LogP contribution in [-0.4, -0.2) is 21.2 Å². The number of rotatable bonds is 4. The van der Waals surface area contributed by atoms with Crippen LogP contribution in [0.1, 0.15) is 19.4 Å². The quantitative estimate of drug-likeness (QED) is 0.928. The molecule has 0 aliphatic rings. The predicted octanol–water partition coefficient (Wildman–Crippen LogP) is 2.82. The minimum absolute atomic E-state index is 0.285. The standard InChI is InChI=1S/C11H15Cl2NO2S/c1-11(2,7-14-17(3,15)16)9-5-4-8(12)6-10(9)13/h4-6,14H,7H2,1-3H3. The number of nitrogens with one attached hydrogen (secondary N) is 1. The number of halogens is 2. The van der Waals surface area contributed by atoms with Crippen LogP contribution in [0.25, 0.3) is 0 Å². The van der Waals surface area contributed by atoms with Crippen LogP contribution in [0, 0.1) is 0 Å². The molecule has 17 heavy (non-hydrogen) atoms. The van der Waals surface area contributed by atoms with Gasteiger partial charge in [0.25, 0.3) is 0 Å². The van der Waals surface area contributed by atoms with E-state index in [4.69, 9.17) is 23.2 Å². The van der Waals surface area contributed by atoms with Gasteiger partial charge in [-0.05, 0) is 17.7 Å². The monoisotopic (exact) mass is 295 g/mol. The fourth-order valence-corrected chi connectivity index (χ4v) is 2.73. The molecule has 1 rings (SSSR count). The topological polar surface area (TPSA) is 46.2 Å². The van der Waals surface area contributed by atoms with Gasteiger partial charge < -0.3 is 0 Å². The lowest BCUT2D eigenvalue weighted by atomic mass is 9.85. The lowest BCUT2D eigenvalue weighted by Gasteiger charge is -2.26. The summed E-state index contributed by atoms with van der Waals surface area (Å²) in [5.74, 6) is 0. The third-order valence-electron chi connectivity index (χ3n) is 2.44. The zero-order chi connectivity index (χ0) is 13.3. The Morgan fingerprint density at radius 2 is 1.88 bits per heavy atom. The zero-order valence-electron chi connectivity index (χ0n) is 9.92. The van der Waals surface area contributed by atoms with Crippen molar-refractivity contribution in [3.8, 4) is 0 Å². The molecule has 0 spiro atoms. The molecule has 96 valence electrons. The van der Waals surface area contributed by atoms with Crippen molar-refractivity contribution < 1.29 is 8.42 Å². The van der Waals surface area contributed by atoms with Gasteiger partial charge in [0.05, 0.1) is 6.26 Å². The second kappa shape index (κ2) is 5.14. The van der Waals surface area contributed by atoms with E-state index in [2.05, 4.69) is 4.72 Å². The van der Waals surface area contributed by atoms with E-state index in [1.165, 1.54) is 0 Å². The highest BCUT2D eigenvalue weighted by Gasteiger charge is 2.24. The Bertz CT molecular complexity index is 512. The van der Waals surface area contributed by atoms with Gasteiger partial charge in [0.15, 0.2) is 0 Å². The third-order valence-corrected chi connectivity index (χ3v) is 3.65. The fourth-order valence-electron chi connectivity index (χ4n) is 1.45. The van der Waals surface area contributed by atoms with Gasteiger partial charge in [0.1, 0.15) is 0 Å². The SMILES string of the molecule is CC(C)(CNS(C)(=O)=O)c1ccc(Cl)cc1Cl. The molecule has 6 heteroatoms. The number of sulfonamides is 1. The normalized spacial score (nSPS) is 12.8. The van der Waals surface area contributed by atoms with Crippen molar-refractivity contribution in [2.24, 2.45) is 0 Å². The molecule has 0 aromatic heterocycles. The maximum absolute atomic E-state index is 11.1. The van der Waals surface area contributed by atoms with E-state index in [0.29, 0.717) is 10.0 Å². The molecule has 0 unspecified atom stereocenters. The molecule has 0 fully saturated rings. The Kier molecular flexibility index (Phi) is 4.47. The van der Waals surface area contributed by atoms with Crippen molar-refractivity contribution in [3.63, 3.8) is 0 Å². The summed E-state index contributed by atoms with van der Waals surface area (Å²) in [7, 11) is -3.21. The molecule has 0 bridgehead atoms. The first-order valence-corrected chi connectivity index (χ1v) is 7.67. The first-order chi connectivity index (χ1) is 7.62. The fraction of sp³-hybridized carbons (Fsp3) is 0.455. The van der Waals surface area contributed by atoms with Crippen molar-refractivity contribution in [3.05, 3.63) is 33.8 Å². The average molecular weight is 296 g/mol. The second-order valence-corrected chi connectivity index (χ2v) is 7.28. The van der Waals surface area contributed by atoms with Crippen LogP contribution >= 0.6 is 23.2 Å². The van der Waals surface area contributed by atoms with Gasteiger partial charge in [0, 0.05) is 22.0 Å². The van der Waals surface area contributed by atoms with Crippen molar-refractivity contribution in [2.75, 3.05) is 12.8 Å². The van der Waals surface area contributed by atoms with E-state index >= 15 is 0 Å². The summed E-state index contributed by atoms with van der Waals surface area (Å²) < 4.78 is 24.6. The lowest BCUT2D eigenvalue weighted by molar-refractivity contribution is 0.503. The van der Waals surface area contributed by atoms with Crippen molar-refractivity contribution >= 4 is 33.2 Å². The van der Waals surface area contributed by atoms with E-state index < -0.39 is 15.4 Å². The van der Waals surface area contributed by atoms with Gasteiger partial charge in [-0.3, -0.25) is 0 Å². The van der Waals surface area contributed by atoms with Gasteiger partial charge in [-0.15, -0.1) is 0 Å². The largest absolute Gasteiger partial charge is 0.215 e. The van der Waals surface area contributed by atoms with Crippen LogP contribution < -0.4 is 4.72 Å². The van der Waals surface area contributed by atoms with Crippen LogP contribution in [0.2, 0.25) is 10.0 Å². The molecular weight excluding hydrogens is 281 g/mol. The summed E-state index contributed by atoms with van der Waals surface area (Å²) in [6, 6.07) is 5.21. The molecule has 1 N–H and O–H groups in total. The highest BCUT2D eigenvalue weighted by molar-refractivity contribution is 7.88. The molecule has 0 aliphatic heterocycles. The molecule has 0 radical (unpaired) electrons. The van der Waals surface area contributed by atoms with Crippen LogP contribution in [0.5, 0.6) is 0 Å². The second-order valence-electron chi connectivity index (χ2n) is 4.60. The van der Waals surface area contributed by atoms with Gasteiger partial charge >= 0.3 is 0 Å². The molecule has 0 heterocycles. The molecule has 0 saturated carbocycles. The van der Waals surface area contributed by atoms with Gasteiger partial charge in [-0.25, -0.2) is 13.1 Å². The minimum Gasteiger partial charge on any atom is -0.215 e. The van der Waals surface area contributed by atoms with Crippen molar-refractivity contribution in [2.45, 2.75) is 19.3 Å². The first kappa shape index (κ1) is 14.8. The van der Waals surface area contributed by atoms with E-state index in [0.717, 1.165) is 11.8 Å². The Hall–Kier alpha value is -0.290. The number of hydrogen-bond donors (Lipinski definition) is 1. The van der Waals surface area contributed by atoms with E-state index in [1.54, 1.807) is 12.1 Å². The van der Waals surface area contributed by atoms with Crippen LogP contribution in [0.3, 0.4) is 0 Å². The third kappa shape index (κ3) is 4.47.